The maximum atomic E-state index is 11.9. The van der Waals surface area contributed by atoms with Crippen molar-refractivity contribution in [3.8, 4) is 0 Å². The normalized spacial score (nSPS) is 9.94. The molecule has 0 aliphatic heterocycles. The lowest BCUT2D eigenvalue weighted by Gasteiger charge is -2.20. The summed E-state index contributed by atoms with van der Waals surface area (Å²) < 4.78 is 0. The highest BCUT2D eigenvalue weighted by atomic mass is 16.4. The Balaban J connectivity index is 4.28. The van der Waals surface area contributed by atoms with Gasteiger partial charge in [-0.25, -0.2) is 0 Å². The number of amides is 1. The van der Waals surface area contributed by atoms with Crippen molar-refractivity contribution < 1.29 is 14.7 Å². The van der Waals surface area contributed by atoms with Crippen molar-refractivity contribution >= 4 is 11.9 Å². The van der Waals surface area contributed by atoms with Crippen molar-refractivity contribution in [2.45, 2.75) is 52.9 Å². The number of carbonyl (C=O) groups excluding carboxylic acids is 1. The SMILES string of the molecule is CCCCCCN(CCC(=O)O)C(=O)C=C(C)C. The Morgan fingerprint density at radius 2 is 1.78 bits per heavy atom. The van der Waals surface area contributed by atoms with Crippen molar-refractivity contribution in [3.63, 3.8) is 0 Å². The number of allylic oxidation sites excluding steroid dienone is 1. The van der Waals surface area contributed by atoms with E-state index < -0.39 is 5.97 Å². The van der Waals surface area contributed by atoms with Gasteiger partial charge in [-0.15, -0.1) is 0 Å². The van der Waals surface area contributed by atoms with Gasteiger partial charge in [0.2, 0.25) is 5.91 Å². The van der Waals surface area contributed by atoms with E-state index in [-0.39, 0.29) is 12.3 Å². The Kier molecular flexibility index (Phi) is 8.97. The van der Waals surface area contributed by atoms with E-state index in [1.165, 1.54) is 0 Å². The number of aliphatic carboxylic acids is 1. The van der Waals surface area contributed by atoms with Crippen LogP contribution in [0.25, 0.3) is 0 Å². The average molecular weight is 255 g/mol. The third kappa shape index (κ3) is 8.79. The zero-order chi connectivity index (χ0) is 14.0. The van der Waals surface area contributed by atoms with E-state index >= 15 is 0 Å². The fraction of sp³-hybridized carbons (Fsp3) is 0.714. The van der Waals surface area contributed by atoms with E-state index in [1.54, 1.807) is 11.0 Å². The van der Waals surface area contributed by atoms with Gasteiger partial charge in [0.1, 0.15) is 0 Å². The van der Waals surface area contributed by atoms with Gasteiger partial charge in [-0.1, -0.05) is 31.8 Å². The molecule has 0 saturated carbocycles. The fourth-order valence-corrected chi connectivity index (χ4v) is 1.63. The molecule has 0 bridgehead atoms. The Morgan fingerprint density at radius 3 is 2.28 bits per heavy atom. The number of carbonyl (C=O) groups is 2. The second-order valence-electron chi connectivity index (χ2n) is 4.75. The highest BCUT2D eigenvalue weighted by molar-refractivity contribution is 5.88. The lowest BCUT2D eigenvalue weighted by molar-refractivity contribution is -0.138. The molecular weight excluding hydrogens is 230 g/mol. The second-order valence-corrected chi connectivity index (χ2v) is 4.75. The maximum absolute atomic E-state index is 11.9. The largest absolute Gasteiger partial charge is 0.481 e. The molecule has 0 aliphatic carbocycles. The Morgan fingerprint density at radius 1 is 1.11 bits per heavy atom. The molecule has 0 aliphatic rings. The summed E-state index contributed by atoms with van der Waals surface area (Å²) in [6.07, 6.45) is 5.91. The summed E-state index contributed by atoms with van der Waals surface area (Å²) >= 11 is 0. The smallest absolute Gasteiger partial charge is 0.305 e. The van der Waals surface area contributed by atoms with Gasteiger partial charge in [0.05, 0.1) is 6.42 Å². The molecule has 0 radical (unpaired) electrons. The Hall–Kier alpha value is -1.32. The number of nitrogens with zero attached hydrogens (tertiary/aromatic N) is 1. The van der Waals surface area contributed by atoms with E-state index in [1.807, 2.05) is 13.8 Å². The Labute approximate surface area is 110 Å². The van der Waals surface area contributed by atoms with Gasteiger partial charge in [0.25, 0.3) is 0 Å². The number of hydrogen-bond donors (Lipinski definition) is 1. The summed E-state index contributed by atoms with van der Waals surface area (Å²) in [7, 11) is 0. The van der Waals surface area contributed by atoms with E-state index in [9.17, 15) is 9.59 Å². The van der Waals surface area contributed by atoms with E-state index in [4.69, 9.17) is 5.11 Å². The molecule has 0 fully saturated rings. The first-order valence-electron chi connectivity index (χ1n) is 6.63. The molecule has 0 heterocycles. The number of unbranched alkanes of at least 4 members (excludes halogenated alkanes) is 3. The second kappa shape index (κ2) is 9.68. The minimum Gasteiger partial charge on any atom is -0.481 e. The number of hydrogen-bond acceptors (Lipinski definition) is 2. The van der Waals surface area contributed by atoms with Crippen LogP contribution < -0.4 is 0 Å². The molecule has 0 aromatic heterocycles. The van der Waals surface area contributed by atoms with Gasteiger partial charge in [-0.05, 0) is 20.3 Å². The van der Waals surface area contributed by atoms with Gasteiger partial charge < -0.3 is 10.0 Å². The molecular formula is C14H25NO3. The summed E-state index contributed by atoms with van der Waals surface area (Å²) in [5, 5.41) is 8.68. The van der Waals surface area contributed by atoms with Crippen LogP contribution in [0.5, 0.6) is 0 Å². The monoisotopic (exact) mass is 255 g/mol. The maximum Gasteiger partial charge on any atom is 0.305 e. The minimum atomic E-state index is -0.862. The van der Waals surface area contributed by atoms with Crippen LogP contribution in [0.3, 0.4) is 0 Å². The van der Waals surface area contributed by atoms with Crippen LogP contribution >= 0.6 is 0 Å². The zero-order valence-corrected chi connectivity index (χ0v) is 11.7. The van der Waals surface area contributed by atoms with E-state index in [0.717, 1.165) is 31.3 Å². The van der Waals surface area contributed by atoms with Crippen molar-refractivity contribution in [2.75, 3.05) is 13.1 Å². The molecule has 1 amide bonds. The number of rotatable bonds is 9. The standard InChI is InChI=1S/C14H25NO3/c1-4-5-6-7-9-15(10-8-14(17)18)13(16)11-12(2)3/h11H,4-10H2,1-3H3,(H,17,18). The average Bonchev–Trinajstić information content (AvgIpc) is 2.26. The first-order chi connectivity index (χ1) is 8.47. The molecule has 0 aromatic rings. The highest BCUT2D eigenvalue weighted by Crippen LogP contribution is 2.04. The summed E-state index contributed by atoms with van der Waals surface area (Å²) in [6, 6.07) is 0. The first-order valence-corrected chi connectivity index (χ1v) is 6.63. The van der Waals surface area contributed by atoms with E-state index in [0.29, 0.717) is 13.1 Å². The summed E-state index contributed by atoms with van der Waals surface area (Å²) in [5.74, 6) is -0.939. The molecule has 104 valence electrons. The third-order valence-corrected chi connectivity index (χ3v) is 2.60. The minimum absolute atomic E-state index is 0.0100. The molecule has 18 heavy (non-hydrogen) atoms. The van der Waals surface area contributed by atoms with Crippen molar-refractivity contribution in [2.24, 2.45) is 0 Å². The predicted molar refractivity (Wildman–Crippen MR) is 72.4 cm³/mol. The van der Waals surface area contributed by atoms with Crippen molar-refractivity contribution in [3.05, 3.63) is 11.6 Å². The zero-order valence-electron chi connectivity index (χ0n) is 11.7. The van der Waals surface area contributed by atoms with Crippen LogP contribution in [0.4, 0.5) is 0 Å². The summed E-state index contributed by atoms with van der Waals surface area (Å²) in [6.45, 7) is 6.81. The predicted octanol–water partition coefficient (Wildman–Crippen LogP) is 2.84. The van der Waals surface area contributed by atoms with Gasteiger partial charge in [-0.3, -0.25) is 9.59 Å². The third-order valence-electron chi connectivity index (χ3n) is 2.60. The van der Waals surface area contributed by atoms with Gasteiger partial charge >= 0.3 is 5.97 Å². The molecule has 0 unspecified atom stereocenters. The fourth-order valence-electron chi connectivity index (χ4n) is 1.63. The van der Waals surface area contributed by atoms with Crippen LogP contribution in [0.15, 0.2) is 11.6 Å². The molecule has 1 N–H and O–H groups in total. The first kappa shape index (κ1) is 16.7. The quantitative estimate of drug-likeness (QED) is 0.509. The van der Waals surface area contributed by atoms with Crippen LogP contribution in [0.2, 0.25) is 0 Å². The molecule has 0 saturated heterocycles. The highest BCUT2D eigenvalue weighted by Gasteiger charge is 2.12. The lowest BCUT2D eigenvalue weighted by Crippen LogP contribution is -2.32. The number of carboxylic acid groups (broad SMARTS) is 1. The van der Waals surface area contributed by atoms with Gasteiger partial charge in [-0.2, -0.15) is 0 Å². The van der Waals surface area contributed by atoms with Gasteiger partial charge in [0, 0.05) is 19.2 Å². The summed E-state index contributed by atoms with van der Waals surface area (Å²) in [4.78, 5) is 24.1. The van der Waals surface area contributed by atoms with Crippen LogP contribution in [-0.2, 0) is 9.59 Å². The lowest BCUT2D eigenvalue weighted by atomic mass is 10.2. The van der Waals surface area contributed by atoms with Crippen LogP contribution in [0.1, 0.15) is 52.9 Å². The van der Waals surface area contributed by atoms with E-state index in [2.05, 4.69) is 6.92 Å². The van der Waals surface area contributed by atoms with Crippen LogP contribution in [-0.4, -0.2) is 35.0 Å². The molecule has 0 aromatic carbocycles. The molecule has 0 atom stereocenters. The molecule has 4 nitrogen and oxygen atoms in total. The molecule has 0 spiro atoms. The van der Waals surface area contributed by atoms with Crippen molar-refractivity contribution in [1.82, 2.24) is 4.90 Å². The molecule has 4 heteroatoms. The number of carboxylic acids is 1. The van der Waals surface area contributed by atoms with Gasteiger partial charge in [0.15, 0.2) is 0 Å². The molecule has 0 rings (SSSR count). The van der Waals surface area contributed by atoms with Crippen molar-refractivity contribution in [1.29, 1.82) is 0 Å². The topological polar surface area (TPSA) is 57.6 Å². The van der Waals surface area contributed by atoms with Crippen LogP contribution in [0, 0.1) is 0 Å². The Bertz CT molecular complexity index is 293. The summed E-state index contributed by atoms with van der Waals surface area (Å²) in [5.41, 5.74) is 0.939.